The van der Waals surface area contributed by atoms with E-state index < -0.39 is 0 Å². The SMILES string of the molecule is Cc1cc(C)c(CNC(=O)c2csc(CN)n2)c(C)c1. The lowest BCUT2D eigenvalue weighted by Crippen LogP contribution is -2.24. The van der Waals surface area contributed by atoms with Crippen molar-refractivity contribution in [2.45, 2.75) is 33.9 Å². The van der Waals surface area contributed by atoms with Crippen molar-refractivity contribution >= 4 is 17.2 Å². The molecule has 5 heteroatoms. The van der Waals surface area contributed by atoms with Gasteiger partial charge in [0.15, 0.2) is 0 Å². The van der Waals surface area contributed by atoms with Crippen molar-refractivity contribution in [1.82, 2.24) is 10.3 Å². The molecule has 1 heterocycles. The Hall–Kier alpha value is -1.72. The zero-order chi connectivity index (χ0) is 14.7. The van der Waals surface area contributed by atoms with Crippen molar-refractivity contribution in [2.24, 2.45) is 5.73 Å². The number of nitrogens with one attached hydrogen (secondary N) is 1. The van der Waals surface area contributed by atoms with Crippen LogP contribution >= 0.6 is 11.3 Å². The topological polar surface area (TPSA) is 68.0 Å². The van der Waals surface area contributed by atoms with Gasteiger partial charge in [0.1, 0.15) is 10.7 Å². The molecule has 0 aliphatic rings. The van der Waals surface area contributed by atoms with Crippen LogP contribution in [0.1, 0.15) is 37.7 Å². The van der Waals surface area contributed by atoms with Gasteiger partial charge in [-0.15, -0.1) is 11.3 Å². The summed E-state index contributed by atoms with van der Waals surface area (Å²) in [6.45, 7) is 7.10. The molecule has 0 aliphatic heterocycles. The maximum Gasteiger partial charge on any atom is 0.271 e. The fourth-order valence-electron chi connectivity index (χ4n) is 2.26. The van der Waals surface area contributed by atoms with Crippen LogP contribution in [-0.2, 0) is 13.1 Å². The minimum atomic E-state index is -0.152. The molecule has 0 atom stereocenters. The highest BCUT2D eigenvalue weighted by molar-refractivity contribution is 7.09. The van der Waals surface area contributed by atoms with Gasteiger partial charge in [0.05, 0.1) is 0 Å². The van der Waals surface area contributed by atoms with E-state index in [9.17, 15) is 4.79 Å². The van der Waals surface area contributed by atoms with Gasteiger partial charge < -0.3 is 11.1 Å². The molecule has 0 radical (unpaired) electrons. The van der Waals surface area contributed by atoms with Gasteiger partial charge in [-0.25, -0.2) is 4.98 Å². The number of thiazole rings is 1. The number of carbonyl (C=O) groups excluding carboxylic acids is 1. The maximum atomic E-state index is 12.0. The number of carbonyl (C=O) groups is 1. The van der Waals surface area contributed by atoms with E-state index in [2.05, 4.69) is 43.2 Å². The van der Waals surface area contributed by atoms with Crippen LogP contribution in [0.4, 0.5) is 0 Å². The summed E-state index contributed by atoms with van der Waals surface area (Å²) < 4.78 is 0. The molecule has 1 aromatic heterocycles. The number of nitrogens with zero attached hydrogens (tertiary/aromatic N) is 1. The van der Waals surface area contributed by atoms with Crippen LogP contribution in [0.3, 0.4) is 0 Å². The second-order valence-electron chi connectivity index (χ2n) is 4.89. The number of hydrogen-bond donors (Lipinski definition) is 2. The summed E-state index contributed by atoms with van der Waals surface area (Å²) in [4.78, 5) is 16.2. The highest BCUT2D eigenvalue weighted by Crippen LogP contribution is 2.16. The Bertz CT molecular complexity index is 611. The van der Waals surface area contributed by atoms with Crippen molar-refractivity contribution in [3.05, 3.63) is 50.5 Å². The Morgan fingerprint density at radius 1 is 1.30 bits per heavy atom. The van der Waals surface area contributed by atoms with Gasteiger partial charge in [-0.2, -0.15) is 0 Å². The summed E-state index contributed by atoms with van der Waals surface area (Å²) in [7, 11) is 0. The Morgan fingerprint density at radius 3 is 2.50 bits per heavy atom. The van der Waals surface area contributed by atoms with E-state index in [-0.39, 0.29) is 5.91 Å². The van der Waals surface area contributed by atoms with Gasteiger partial charge in [-0.3, -0.25) is 4.79 Å². The van der Waals surface area contributed by atoms with Crippen LogP contribution in [0.2, 0.25) is 0 Å². The minimum Gasteiger partial charge on any atom is -0.347 e. The van der Waals surface area contributed by atoms with E-state index in [1.165, 1.54) is 33.6 Å². The first kappa shape index (κ1) is 14.7. The summed E-state index contributed by atoms with van der Waals surface area (Å²) >= 11 is 1.41. The van der Waals surface area contributed by atoms with E-state index in [1.807, 2.05) is 0 Å². The number of rotatable bonds is 4. The van der Waals surface area contributed by atoms with E-state index in [4.69, 9.17) is 5.73 Å². The normalized spacial score (nSPS) is 10.6. The van der Waals surface area contributed by atoms with Crippen LogP contribution in [0.25, 0.3) is 0 Å². The molecule has 4 nitrogen and oxygen atoms in total. The van der Waals surface area contributed by atoms with E-state index in [0.717, 1.165) is 5.01 Å². The third-order valence-electron chi connectivity index (χ3n) is 3.23. The fourth-order valence-corrected chi connectivity index (χ4v) is 2.91. The van der Waals surface area contributed by atoms with Crippen LogP contribution in [0, 0.1) is 20.8 Å². The summed E-state index contributed by atoms with van der Waals surface area (Å²) in [5.41, 5.74) is 10.7. The van der Waals surface area contributed by atoms with Crippen molar-refractivity contribution in [1.29, 1.82) is 0 Å². The second-order valence-corrected chi connectivity index (χ2v) is 5.83. The van der Waals surface area contributed by atoms with Gasteiger partial charge in [0, 0.05) is 18.5 Å². The molecule has 0 aliphatic carbocycles. The molecule has 2 rings (SSSR count). The van der Waals surface area contributed by atoms with E-state index in [0.29, 0.717) is 18.8 Å². The zero-order valence-corrected chi connectivity index (χ0v) is 12.8. The first-order chi connectivity index (χ1) is 9.51. The van der Waals surface area contributed by atoms with Crippen molar-refractivity contribution in [3.8, 4) is 0 Å². The fraction of sp³-hybridized carbons (Fsp3) is 0.333. The van der Waals surface area contributed by atoms with Gasteiger partial charge in [-0.1, -0.05) is 17.7 Å². The minimum absolute atomic E-state index is 0.152. The molecule has 1 amide bonds. The highest BCUT2D eigenvalue weighted by atomic mass is 32.1. The molecule has 20 heavy (non-hydrogen) atoms. The Kier molecular flexibility index (Phi) is 4.52. The molecule has 0 spiro atoms. The van der Waals surface area contributed by atoms with Gasteiger partial charge in [0.2, 0.25) is 0 Å². The van der Waals surface area contributed by atoms with Gasteiger partial charge in [-0.05, 0) is 37.5 Å². The summed E-state index contributed by atoms with van der Waals surface area (Å²) in [5.74, 6) is -0.152. The maximum absolute atomic E-state index is 12.0. The van der Waals surface area contributed by atoms with Crippen LogP contribution in [0.15, 0.2) is 17.5 Å². The first-order valence-electron chi connectivity index (χ1n) is 6.50. The molecule has 2 aromatic rings. The average Bonchev–Trinajstić information content (AvgIpc) is 2.86. The third-order valence-corrected chi connectivity index (χ3v) is 4.10. The van der Waals surface area contributed by atoms with E-state index >= 15 is 0 Å². The first-order valence-corrected chi connectivity index (χ1v) is 7.38. The lowest BCUT2D eigenvalue weighted by molar-refractivity contribution is 0.0946. The molecule has 0 saturated carbocycles. The quantitative estimate of drug-likeness (QED) is 0.908. The van der Waals surface area contributed by atoms with Crippen molar-refractivity contribution in [2.75, 3.05) is 0 Å². The number of amides is 1. The predicted molar refractivity (Wildman–Crippen MR) is 81.8 cm³/mol. The monoisotopic (exact) mass is 289 g/mol. The summed E-state index contributed by atoms with van der Waals surface area (Å²) in [5, 5.41) is 5.44. The molecular weight excluding hydrogens is 270 g/mol. The number of nitrogens with two attached hydrogens (primary N) is 1. The number of benzene rings is 1. The second kappa shape index (κ2) is 6.15. The average molecular weight is 289 g/mol. The molecule has 0 bridgehead atoms. The highest BCUT2D eigenvalue weighted by Gasteiger charge is 2.11. The van der Waals surface area contributed by atoms with Crippen molar-refractivity contribution in [3.63, 3.8) is 0 Å². The summed E-state index contributed by atoms with van der Waals surface area (Å²) in [6.07, 6.45) is 0. The predicted octanol–water partition coefficient (Wildman–Crippen LogP) is 2.46. The number of hydrogen-bond acceptors (Lipinski definition) is 4. The third kappa shape index (κ3) is 3.23. The molecule has 0 unspecified atom stereocenters. The van der Waals surface area contributed by atoms with Crippen LogP contribution in [0.5, 0.6) is 0 Å². The lowest BCUT2D eigenvalue weighted by Gasteiger charge is -2.11. The molecule has 0 fully saturated rings. The Labute approximate surface area is 123 Å². The van der Waals surface area contributed by atoms with Gasteiger partial charge in [0.25, 0.3) is 5.91 Å². The molecule has 1 aromatic carbocycles. The molecule has 3 N–H and O–H groups in total. The molecule has 0 saturated heterocycles. The Balaban J connectivity index is 2.07. The smallest absolute Gasteiger partial charge is 0.271 e. The zero-order valence-electron chi connectivity index (χ0n) is 12.0. The van der Waals surface area contributed by atoms with Crippen LogP contribution in [-0.4, -0.2) is 10.9 Å². The standard InChI is InChI=1S/C15H19N3OS/c1-9-4-10(2)12(11(3)5-9)7-17-15(19)13-8-20-14(6-16)18-13/h4-5,8H,6-7,16H2,1-3H3,(H,17,19). The van der Waals surface area contributed by atoms with Crippen molar-refractivity contribution < 1.29 is 4.79 Å². The van der Waals surface area contributed by atoms with Crippen LogP contribution < -0.4 is 11.1 Å². The molecule has 106 valence electrons. The van der Waals surface area contributed by atoms with E-state index in [1.54, 1.807) is 5.38 Å². The largest absolute Gasteiger partial charge is 0.347 e. The number of aryl methyl sites for hydroxylation is 3. The molecular formula is C15H19N3OS. The Morgan fingerprint density at radius 2 is 1.95 bits per heavy atom. The number of aromatic nitrogens is 1. The lowest BCUT2D eigenvalue weighted by atomic mass is 10.00. The van der Waals surface area contributed by atoms with Gasteiger partial charge >= 0.3 is 0 Å². The summed E-state index contributed by atoms with van der Waals surface area (Å²) in [6, 6.07) is 4.26.